The van der Waals surface area contributed by atoms with E-state index in [1.165, 1.54) is 0 Å². The number of rotatable bonds is 5. The van der Waals surface area contributed by atoms with E-state index in [0.717, 1.165) is 52.0 Å². The first-order valence-electron chi connectivity index (χ1n) is 9.05. The first kappa shape index (κ1) is 18.2. The second kappa shape index (κ2) is 6.78. The molecule has 4 rings (SSSR count). The molecule has 0 atom stereocenters. The highest BCUT2D eigenvalue weighted by atomic mass is 16.5. The summed E-state index contributed by atoms with van der Waals surface area (Å²) < 4.78 is 22.4. The molecule has 0 aromatic heterocycles. The van der Waals surface area contributed by atoms with Crippen LogP contribution < -0.4 is 23.8 Å². The molecule has 1 heterocycles. The minimum Gasteiger partial charge on any atom is -0.493 e. The Morgan fingerprint density at radius 1 is 0.857 bits per heavy atom. The molecule has 0 saturated carbocycles. The van der Waals surface area contributed by atoms with E-state index >= 15 is 0 Å². The van der Waals surface area contributed by atoms with Gasteiger partial charge in [-0.05, 0) is 41.0 Å². The van der Waals surface area contributed by atoms with Gasteiger partial charge in [-0.3, -0.25) is 4.79 Å². The predicted molar refractivity (Wildman–Crippen MR) is 110 cm³/mol. The average molecular weight is 381 g/mol. The van der Waals surface area contributed by atoms with Gasteiger partial charge >= 0.3 is 0 Å². The van der Waals surface area contributed by atoms with Crippen molar-refractivity contribution in [3.8, 4) is 23.0 Å². The van der Waals surface area contributed by atoms with Crippen LogP contribution in [-0.4, -0.2) is 48.3 Å². The van der Waals surface area contributed by atoms with E-state index in [9.17, 15) is 4.79 Å². The standard InChI is InChI=1S/C22H23NO5/c1-23-7-6-12-8-18(27-4)22(28-5)20-14-10-17(26-3)16(25-2)9-13(14)15(11-24)21(23)19(12)20/h8-11H,6-7H2,1-5H3. The Hall–Kier alpha value is -3.15. The Morgan fingerprint density at radius 2 is 1.50 bits per heavy atom. The molecule has 3 aromatic carbocycles. The molecule has 28 heavy (non-hydrogen) atoms. The summed E-state index contributed by atoms with van der Waals surface area (Å²) in [4.78, 5) is 14.3. The molecule has 3 aromatic rings. The number of carbonyl (C=O) groups excluding carboxylic acids is 1. The lowest BCUT2D eigenvalue weighted by Crippen LogP contribution is -2.26. The number of nitrogens with zero attached hydrogens (tertiary/aromatic N) is 1. The van der Waals surface area contributed by atoms with Crippen LogP contribution in [0, 0.1) is 0 Å². The summed E-state index contributed by atoms with van der Waals surface area (Å²) in [6.07, 6.45) is 1.78. The van der Waals surface area contributed by atoms with Crippen molar-refractivity contribution >= 4 is 33.5 Å². The molecule has 1 aliphatic rings. The zero-order valence-electron chi connectivity index (χ0n) is 16.7. The topological polar surface area (TPSA) is 57.2 Å². The molecular formula is C22H23NO5. The van der Waals surface area contributed by atoms with Gasteiger partial charge in [0.15, 0.2) is 29.3 Å². The number of anilines is 1. The summed E-state index contributed by atoms with van der Waals surface area (Å²) in [6.45, 7) is 0.817. The minimum absolute atomic E-state index is 0.574. The molecule has 0 saturated heterocycles. The van der Waals surface area contributed by atoms with Gasteiger partial charge in [-0.25, -0.2) is 0 Å². The van der Waals surface area contributed by atoms with Gasteiger partial charge in [0, 0.05) is 29.9 Å². The molecule has 1 aliphatic heterocycles. The van der Waals surface area contributed by atoms with Gasteiger partial charge in [-0.1, -0.05) is 0 Å². The van der Waals surface area contributed by atoms with E-state index in [0.29, 0.717) is 28.6 Å². The first-order valence-corrected chi connectivity index (χ1v) is 9.05. The number of ether oxygens (including phenoxy) is 4. The van der Waals surface area contributed by atoms with Crippen LogP contribution in [0.1, 0.15) is 15.9 Å². The minimum atomic E-state index is 0.574. The zero-order chi connectivity index (χ0) is 20.0. The van der Waals surface area contributed by atoms with Crippen LogP contribution in [-0.2, 0) is 6.42 Å². The van der Waals surface area contributed by atoms with Gasteiger partial charge in [0.2, 0.25) is 0 Å². The second-order valence-corrected chi connectivity index (χ2v) is 6.83. The second-order valence-electron chi connectivity index (χ2n) is 6.83. The molecule has 0 fully saturated rings. The van der Waals surface area contributed by atoms with Crippen molar-refractivity contribution in [2.24, 2.45) is 0 Å². The molecular weight excluding hydrogens is 358 g/mol. The van der Waals surface area contributed by atoms with Crippen molar-refractivity contribution in [3.05, 3.63) is 29.3 Å². The Balaban J connectivity index is 2.34. The van der Waals surface area contributed by atoms with E-state index < -0.39 is 0 Å². The molecule has 0 spiro atoms. The maximum absolute atomic E-state index is 12.2. The van der Waals surface area contributed by atoms with E-state index in [1.54, 1.807) is 28.4 Å². The highest BCUT2D eigenvalue weighted by molar-refractivity contribution is 6.24. The third kappa shape index (κ3) is 2.37. The molecule has 0 N–H and O–H groups in total. The third-order valence-electron chi connectivity index (χ3n) is 5.54. The number of hydrogen-bond donors (Lipinski definition) is 0. The van der Waals surface area contributed by atoms with Gasteiger partial charge in [0.1, 0.15) is 0 Å². The fraction of sp³-hybridized carbons (Fsp3) is 0.318. The lowest BCUT2D eigenvalue weighted by Gasteiger charge is -2.31. The molecule has 0 amide bonds. The van der Waals surface area contributed by atoms with Gasteiger partial charge in [-0.2, -0.15) is 0 Å². The number of fused-ring (bicyclic) bond motifs is 2. The molecule has 0 radical (unpaired) electrons. The van der Waals surface area contributed by atoms with Crippen LogP contribution in [0.4, 0.5) is 5.69 Å². The van der Waals surface area contributed by atoms with Crippen molar-refractivity contribution in [2.75, 3.05) is 46.9 Å². The summed E-state index contributed by atoms with van der Waals surface area (Å²) in [5, 5.41) is 3.60. The smallest absolute Gasteiger partial charge is 0.169 e. The quantitative estimate of drug-likeness (QED) is 0.495. The van der Waals surface area contributed by atoms with Gasteiger partial charge in [0.05, 0.1) is 34.1 Å². The molecule has 6 heteroatoms. The summed E-state index contributed by atoms with van der Waals surface area (Å²) >= 11 is 0. The molecule has 0 aliphatic carbocycles. The van der Waals surface area contributed by atoms with Crippen LogP contribution in [0.25, 0.3) is 21.5 Å². The lowest BCUT2D eigenvalue weighted by atomic mass is 9.88. The monoisotopic (exact) mass is 381 g/mol. The lowest BCUT2D eigenvalue weighted by molar-refractivity contribution is 0.112. The Morgan fingerprint density at radius 3 is 2.07 bits per heavy atom. The number of methoxy groups -OCH3 is 4. The van der Waals surface area contributed by atoms with Gasteiger partial charge in [-0.15, -0.1) is 0 Å². The fourth-order valence-electron chi connectivity index (χ4n) is 4.26. The Labute approximate surface area is 163 Å². The molecule has 6 nitrogen and oxygen atoms in total. The maximum atomic E-state index is 12.2. The number of carbonyl (C=O) groups is 1. The normalized spacial score (nSPS) is 13.0. The number of likely N-dealkylation sites (N-methyl/N-ethyl adjacent to an activating group) is 1. The van der Waals surface area contributed by atoms with Crippen molar-refractivity contribution in [1.29, 1.82) is 0 Å². The van der Waals surface area contributed by atoms with Crippen molar-refractivity contribution in [1.82, 2.24) is 0 Å². The molecule has 0 unspecified atom stereocenters. The zero-order valence-corrected chi connectivity index (χ0v) is 16.7. The molecule has 146 valence electrons. The number of aldehydes is 1. The Bertz CT molecular complexity index is 1110. The Kier molecular flexibility index (Phi) is 4.41. The number of benzene rings is 3. The van der Waals surface area contributed by atoms with Crippen LogP contribution in [0.15, 0.2) is 18.2 Å². The van der Waals surface area contributed by atoms with Crippen molar-refractivity contribution in [3.63, 3.8) is 0 Å². The summed E-state index contributed by atoms with van der Waals surface area (Å²) in [5.74, 6) is 2.49. The van der Waals surface area contributed by atoms with Crippen LogP contribution in [0.3, 0.4) is 0 Å². The van der Waals surface area contributed by atoms with Crippen LogP contribution in [0.2, 0.25) is 0 Å². The highest BCUT2D eigenvalue weighted by Crippen LogP contribution is 2.50. The number of hydrogen-bond acceptors (Lipinski definition) is 6. The summed E-state index contributed by atoms with van der Waals surface area (Å²) in [6, 6.07) is 5.77. The fourth-order valence-corrected chi connectivity index (χ4v) is 4.26. The van der Waals surface area contributed by atoms with Gasteiger partial charge < -0.3 is 23.8 Å². The van der Waals surface area contributed by atoms with E-state index in [4.69, 9.17) is 18.9 Å². The average Bonchev–Trinajstić information content (AvgIpc) is 2.73. The van der Waals surface area contributed by atoms with Crippen LogP contribution >= 0.6 is 0 Å². The third-order valence-corrected chi connectivity index (χ3v) is 5.54. The summed E-state index contributed by atoms with van der Waals surface area (Å²) in [7, 11) is 8.46. The highest BCUT2D eigenvalue weighted by Gasteiger charge is 2.28. The first-order chi connectivity index (χ1) is 13.6. The van der Waals surface area contributed by atoms with Crippen molar-refractivity contribution in [2.45, 2.75) is 6.42 Å². The molecule has 0 bridgehead atoms. The van der Waals surface area contributed by atoms with Gasteiger partial charge in [0.25, 0.3) is 0 Å². The summed E-state index contributed by atoms with van der Waals surface area (Å²) in [5.41, 5.74) is 2.69. The van der Waals surface area contributed by atoms with Crippen LogP contribution in [0.5, 0.6) is 23.0 Å². The largest absolute Gasteiger partial charge is 0.493 e. The van der Waals surface area contributed by atoms with Crippen molar-refractivity contribution < 1.29 is 23.7 Å². The maximum Gasteiger partial charge on any atom is 0.169 e. The SMILES string of the molecule is COc1cc2c(C=O)c3c4c(cc(OC)c(OC)c4c2cc1OC)CCN3C. The van der Waals surface area contributed by atoms with E-state index in [1.807, 2.05) is 25.2 Å². The predicted octanol–water partition coefficient (Wildman–Crippen LogP) is 3.83. The van der Waals surface area contributed by atoms with E-state index in [2.05, 4.69) is 4.90 Å². The van der Waals surface area contributed by atoms with E-state index in [-0.39, 0.29) is 0 Å².